The maximum absolute atomic E-state index is 13.6. The molecule has 0 spiro atoms. The van der Waals surface area contributed by atoms with Crippen LogP contribution in [0.25, 0.3) is 11.1 Å². The normalized spacial score (nSPS) is 16.1. The van der Waals surface area contributed by atoms with E-state index < -0.39 is 17.3 Å². The molecule has 0 bridgehead atoms. The predicted molar refractivity (Wildman–Crippen MR) is 169 cm³/mol. The number of aromatic nitrogens is 2. The summed E-state index contributed by atoms with van der Waals surface area (Å²) in [6.45, 7) is 4.13. The number of hydrogen-bond donors (Lipinski definition) is 2. The van der Waals surface area contributed by atoms with Crippen LogP contribution in [0.5, 0.6) is 0 Å². The average Bonchev–Trinajstić information content (AvgIpc) is 3.17. The molecule has 11 nitrogen and oxygen atoms in total. The molecule has 3 aromatic rings. The Bertz CT molecular complexity index is 1710. The van der Waals surface area contributed by atoms with Gasteiger partial charge in [-0.15, -0.1) is 0 Å². The van der Waals surface area contributed by atoms with Crippen LogP contribution in [0, 0.1) is 0 Å². The van der Waals surface area contributed by atoms with E-state index in [1.807, 2.05) is 29.2 Å². The molecule has 1 atom stereocenters. The number of rotatable bonds is 7. The first-order valence-electron chi connectivity index (χ1n) is 14.5. The number of halogens is 2. The lowest BCUT2D eigenvalue weighted by atomic mass is 10.0. The van der Waals surface area contributed by atoms with Crippen molar-refractivity contribution in [1.29, 1.82) is 0 Å². The molecular weight excluding hydrogens is 607 g/mol. The van der Waals surface area contributed by atoms with E-state index >= 15 is 0 Å². The van der Waals surface area contributed by atoms with Crippen LogP contribution >= 0.6 is 23.2 Å². The number of fused-ring (bicyclic) bond motifs is 1. The van der Waals surface area contributed by atoms with Gasteiger partial charge in [0.25, 0.3) is 5.56 Å². The molecule has 1 saturated heterocycles. The lowest BCUT2D eigenvalue weighted by Gasteiger charge is -2.38. The molecule has 0 saturated carbocycles. The summed E-state index contributed by atoms with van der Waals surface area (Å²) >= 11 is 12.7. The van der Waals surface area contributed by atoms with Crippen molar-refractivity contribution in [2.45, 2.75) is 51.7 Å². The number of para-hydroxylation sites is 1. The van der Waals surface area contributed by atoms with Crippen LogP contribution in [-0.2, 0) is 22.6 Å². The van der Waals surface area contributed by atoms with Gasteiger partial charge < -0.3 is 20.4 Å². The van der Waals surface area contributed by atoms with Crippen LogP contribution in [0.2, 0.25) is 10.0 Å². The first kappa shape index (κ1) is 31.3. The van der Waals surface area contributed by atoms with Gasteiger partial charge in [-0.25, -0.2) is 9.59 Å². The number of carbonyl (C=O) groups is 3. The zero-order valence-corrected chi connectivity index (χ0v) is 26.0. The van der Waals surface area contributed by atoms with Crippen LogP contribution in [0.3, 0.4) is 0 Å². The topological polar surface area (TPSA) is 126 Å². The molecule has 0 radical (unpaired) electrons. The van der Waals surface area contributed by atoms with Gasteiger partial charge in [0.05, 0.1) is 21.7 Å². The number of anilines is 1. The Morgan fingerprint density at radius 3 is 2.45 bits per heavy atom. The summed E-state index contributed by atoms with van der Waals surface area (Å²) in [6, 6.07) is 11.7. The number of piperidine rings is 1. The van der Waals surface area contributed by atoms with Gasteiger partial charge in [-0.05, 0) is 43.9 Å². The van der Waals surface area contributed by atoms with Crippen LogP contribution in [0.1, 0.15) is 38.3 Å². The molecule has 13 heteroatoms. The summed E-state index contributed by atoms with van der Waals surface area (Å²) in [5.74, 6) is -0.596. The van der Waals surface area contributed by atoms with Crippen molar-refractivity contribution < 1.29 is 14.4 Å². The smallest absolute Gasteiger partial charge is 0.331 e. The molecule has 1 fully saturated rings. The van der Waals surface area contributed by atoms with Crippen molar-refractivity contribution in [2.24, 2.45) is 0 Å². The highest BCUT2D eigenvalue weighted by Crippen LogP contribution is 2.32. The standard InChI is InChI=1S/C31H34Cl2N6O5/c1-19(16-34-20(2)40)39-29(42)24(23-7-5-8-25(32)28(23)33)17-37(31(39)44)18-27(41)36-13-11-22(12-14-36)38-15-10-21-6-3-4-9-26(21)35-30(38)43/h3-9,17,19,22H,10-16,18H2,1-2H3,(H,34,40)(H,35,43)/t19-/m0/s1. The second-order valence-electron chi connectivity index (χ2n) is 11.2. The summed E-state index contributed by atoms with van der Waals surface area (Å²) in [7, 11) is 0. The predicted octanol–water partition coefficient (Wildman–Crippen LogP) is 3.76. The first-order chi connectivity index (χ1) is 21.0. The third kappa shape index (κ3) is 6.53. The number of amides is 4. The van der Waals surface area contributed by atoms with Crippen molar-refractivity contribution in [3.05, 3.63) is 85.1 Å². The van der Waals surface area contributed by atoms with Gasteiger partial charge in [0, 0.05) is 56.6 Å². The summed E-state index contributed by atoms with van der Waals surface area (Å²) in [5.41, 5.74) is 1.05. The number of urea groups is 1. The Balaban J connectivity index is 1.35. The maximum atomic E-state index is 13.6. The van der Waals surface area contributed by atoms with E-state index in [-0.39, 0.29) is 52.6 Å². The van der Waals surface area contributed by atoms with Crippen LogP contribution < -0.4 is 21.9 Å². The van der Waals surface area contributed by atoms with Crippen LogP contribution in [0.15, 0.2) is 58.3 Å². The van der Waals surface area contributed by atoms with Crippen LogP contribution in [-0.4, -0.2) is 69.0 Å². The lowest BCUT2D eigenvalue weighted by Crippen LogP contribution is -2.51. The van der Waals surface area contributed by atoms with Gasteiger partial charge in [-0.2, -0.15) is 0 Å². The minimum absolute atomic E-state index is 0.0239. The second kappa shape index (κ2) is 13.3. The fourth-order valence-electron chi connectivity index (χ4n) is 5.81. The number of carbonyl (C=O) groups excluding carboxylic acids is 3. The minimum Gasteiger partial charge on any atom is -0.354 e. The molecule has 2 aromatic carbocycles. The molecule has 3 heterocycles. The van der Waals surface area contributed by atoms with Gasteiger partial charge >= 0.3 is 11.7 Å². The fourth-order valence-corrected chi connectivity index (χ4v) is 6.22. The molecule has 44 heavy (non-hydrogen) atoms. The summed E-state index contributed by atoms with van der Waals surface area (Å²) < 4.78 is 2.23. The van der Waals surface area contributed by atoms with Gasteiger partial charge in [0.2, 0.25) is 11.8 Å². The summed E-state index contributed by atoms with van der Waals surface area (Å²) in [6.07, 6.45) is 3.28. The van der Waals surface area contributed by atoms with E-state index in [1.165, 1.54) is 17.7 Å². The zero-order chi connectivity index (χ0) is 31.5. The number of nitrogens with one attached hydrogen (secondary N) is 2. The molecule has 0 unspecified atom stereocenters. The van der Waals surface area contributed by atoms with E-state index in [1.54, 1.807) is 30.0 Å². The highest BCUT2D eigenvalue weighted by molar-refractivity contribution is 6.43. The van der Waals surface area contributed by atoms with Crippen molar-refractivity contribution >= 4 is 46.7 Å². The molecular formula is C31H34Cl2N6O5. The highest BCUT2D eigenvalue weighted by atomic mass is 35.5. The van der Waals surface area contributed by atoms with Gasteiger partial charge in [0.1, 0.15) is 6.54 Å². The summed E-state index contributed by atoms with van der Waals surface area (Å²) in [4.78, 5) is 68.7. The SMILES string of the molecule is CC(=O)NC[C@H](C)n1c(=O)c(-c2cccc(Cl)c2Cl)cn(CC(=O)N2CCC(N3CCc4ccccc4NC3=O)CC2)c1=O. The van der Waals surface area contributed by atoms with E-state index in [9.17, 15) is 24.0 Å². The molecule has 2 N–H and O–H groups in total. The highest BCUT2D eigenvalue weighted by Gasteiger charge is 2.32. The Morgan fingerprint density at radius 1 is 1.00 bits per heavy atom. The van der Waals surface area contributed by atoms with Gasteiger partial charge in [0.15, 0.2) is 0 Å². The Morgan fingerprint density at radius 2 is 1.73 bits per heavy atom. The zero-order valence-electron chi connectivity index (χ0n) is 24.5. The minimum atomic E-state index is -0.709. The molecule has 4 amide bonds. The molecule has 2 aliphatic rings. The van der Waals surface area contributed by atoms with E-state index in [2.05, 4.69) is 10.6 Å². The number of hydrogen-bond acceptors (Lipinski definition) is 5. The first-order valence-corrected chi connectivity index (χ1v) is 15.3. The fraction of sp³-hybridized carbons (Fsp3) is 0.387. The number of benzene rings is 2. The second-order valence-corrected chi connectivity index (χ2v) is 11.9. The number of nitrogens with zero attached hydrogens (tertiary/aromatic N) is 4. The molecule has 0 aliphatic carbocycles. The third-order valence-corrected chi connectivity index (χ3v) is 9.04. The quantitative estimate of drug-likeness (QED) is 0.407. The van der Waals surface area contributed by atoms with Crippen molar-refractivity contribution in [3.8, 4) is 11.1 Å². The largest absolute Gasteiger partial charge is 0.354 e. The molecule has 2 aliphatic heterocycles. The maximum Gasteiger partial charge on any atom is 0.331 e. The molecule has 1 aromatic heterocycles. The van der Waals surface area contributed by atoms with Gasteiger partial charge in [-0.3, -0.25) is 23.5 Å². The van der Waals surface area contributed by atoms with Crippen molar-refractivity contribution in [1.82, 2.24) is 24.3 Å². The van der Waals surface area contributed by atoms with Crippen molar-refractivity contribution in [3.63, 3.8) is 0 Å². The number of likely N-dealkylation sites (tertiary alicyclic amines) is 1. The molecule has 232 valence electrons. The lowest BCUT2D eigenvalue weighted by molar-refractivity contribution is -0.133. The Labute approximate surface area is 264 Å². The molecule has 5 rings (SSSR count). The van der Waals surface area contributed by atoms with Crippen LogP contribution in [0.4, 0.5) is 10.5 Å². The van der Waals surface area contributed by atoms with Crippen molar-refractivity contribution in [2.75, 3.05) is 31.5 Å². The monoisotopic (exact) mass is 640 g/mol. The Hall–Kier alpha value is -4.09. The summed E-state index contributed by atoms with van der Waals surface area (Å²) in [5, 5.41) is 6.02. The van der Waals surface area contributed by atoms with E-state index in [4.69, 9.17) is 23.2 Å². The van der Waals surface area contributed by atoms with E-state index in [0.29, 0.717) is 38.0 Å². The third-order valence-electron chi connectivity index (χ3n) is 8.22. The van der Waals surface area contributed by atoms with E-state index in [0.717, 1.165) is 22.2 Å². The van der Waals surface area contributed by atoms with Gasteiger partial charge in [-0.1, -0.05) is 53.5 Å². The average molecular weight is 642 g/mol. The Kier molecular flexibility index (Phi) is 9.45.